The van der Waals surface area contributed by atoms with Gasteiger partial charge >= 0.3 is 0 Å². The SMILES string of the molecule is c1ccc2c(c1)Cc1ccc(-c3ccc4c5ccccc5c5ccccc5c4c3)cc1-2. The molecule has 0 amide bonds. The van der Waals surface area contributed by atoms with E-state index in [0.717, 1.165) is 6.42 Å². The van der Waals surface area contributed by atoms with Crippen LogP contribution in [-0.4, -0.2) is 0 Å². The van der Waals surface area contributed by atoms with Crippen LogP contribution in [0.15, 0.2) is 109 Å². The molecule has 0 N–H and O–H groups in total. The van der Waals surface area contributed by atoms with E-state index in [1.165, 1.54) is 65.7 Å². The van der Waals surface area contributed by atoms with E-state index >= 15 is 0 Å². The Kier molecular flexibility index (Phi) is 3.42. The summed E-state index contributed by atoms with van der Waals surface area (Å²) in [6.07, 6.45) is 1.04. The fourth-order valence-corrected chi connectivity index (χ4v) is 5.39. The number of fused-ring (bicyclic) bond motifs is 9. The summed E-state index contributed by atoms with van der Waals surface area (Å²) in [5.41, 5.74) is 8.20. The minimum absolute atomic E-state index is 1.04. The lowest BCUT2D eigenvalue weighted by molar-refractivity contribution is 1.26. The second kappa shape index (κ2) is 6.30. The first kappa shape index (κ1) is 16.8. The fourth-order valence-electron chi connectivity index (χ4n) is 5.39. The minimum Gasteiger partial charge on any atom is -0.0619 e. The number of hydrogen-bond donors (Lipinski definition) is 0. The maximum atomic E-state index is 2.38. The van der Waals surface area contributed by atoms with E-state index in [4.69, 9.17) is 0 Å². The van der Waals surface area contributed by atoms with Gasteiger partial charge in [0.1, 0.15) is 0 Å². The van der Waals surface area contributed by atoms with Crippen LogP contribution in [0.1, 0.15) is 11.1 Å². The van der Waals surface area contributed by atoms with Gasteiger partial charge in [-0.3, -0.25) is 0 Å². The summed E-state index contributed by atoms with van der Waals surface area (Å²) < 4.78 is 0. The van der Waals surface area contributed by atoms with Crippen molar-refractivity contribution in [3.05, 3.63) is 120 Å². The topological polar surface area (TPSA) is 0 Å². The van der Waals surface area contributed by atoms with Gasteiger partial charge in [0.25, 0.3) is 0 Å². The molecule has 0 aliphatic heterocycles. The van der Waals surface area contributed by atoms with Crippen molar-refractivity contribution in [3.63, 3.8) is 0 Å². The molecule has 0 heterocycles. The standard InChI is InChI=1S/C31H20/c1-2-8-24-22(7-1)17-23-14-13-20(18-30(23)24)21-15-16-29-27-11-4-3-9-25(27)26-10-5-6-12-28(26)31(29)19-21/h1-16,18-19H,17H2. The second-order valence-corrected chi connectivity index (χ2v) is 8.56. The zero-order chi connectivity index (χ0) is 20.4. The van der Waals surface area contributed by atoms with Gasteiger partial charge in [0.05, 0.1) is 0 Å². The molecule has 144 valence electrons. The zero-order valence-corrected chi connectivity index (χ0v) is 17.1. The lowest BCUT2D eigenvalue weighted by Gasteiger charge is -2.12. The van der Waals surface area contributed by atoms with Gasteiger partial charge in [-0.25, -0.2) is 0 Å². The van der Waals surface area contributed by atoms with E-state index in [-0.39, 0.29) is 0 Å². The Balaban J connectivity index is 1.50. The first-order valence-corrected chi connectivity index (χ1v) is 10.9. The van der Waals surface area contributed by atoms with E-state index in [0.29, 0.717) is 0 Å². The van der Waals surface area contributed by atoms with Crippen LogP contribution in [-0.2, 0) is 6.42 Å². The van der Waals surface area contributed by atoms with Crippen LogP contribution in [0.25, 0.3) is 54.6 Å². The summed E-state index contributed by atoms with van der Waals surface area (Å²) >= 11 is 0. The molecule has 0 aromatic heterocycles. The highest BCUT2D eigenvalue weighted by Gasteiger charge is 2.18. The number of rotatable bonds is 1. The third-order valence-corrected chi connectivity index (χ3v) is 6.88. The highest BCUT2D eigenvalue weighted by Crippen LogP contribution is 2.40. The summed E-state index contributed by atoms with van der Waals surface area (Å²) in [6, 6.07) is 40.3. The van der Waals surface area contributed by atoms with Gasteiger partial charge in [-0.15, -0.1) is 0 Å². The van der Waals surface area contributed by atoms with Gasteiger partial charge in [0, 0.05) is 0 Å². The molecule has 6 aromatic carbocycles. The Hall–Kier alpha value is -3.90. The smallest absolute Gasteiger partial charge is 0.00134 e. The molecule has 0 radical (unpaired) electrons. The van der Waals surface area contributed by atoms with E-state index < -0.39 is 0 Å². The molecule has 0 fully saturated rings. The molecule has 0 unspecified atom stereocenters. The Labute approximate surface area is 181 Å². The molecule has 1 aliphatic rings. The summed E-state index contributed by atoms with van der Waals surface area (Å²) in [5, 5.41) is 7.95. The summed E-state index contributed by atoms with van der Waals surface area (Å²) in [6.45, 7) is 0. The van der Waals surface area contributed by atoms with Crippen molar-refractivity contribution >= 4 is 32.3 Å². The highest BCUT2D eigenvalue weighted by atomic mass is 14.2. The van der Waals surface area contributed by atoms with Gasteiger partial charge in [-0.2, -0.15) is 0 Å². The first-order chi connectivity index (χ1) is 15.4. The molecule has 0 heteroatoms. The van der Waals surface area contributed by atoms with Crippen molar-refractivity contribution in [2.45, 2.75) is 6.42 Å². The van der Waals surface area contributed by atoms with Crippen LogP contribution < -0.4 is 0 Å². The van der Waals surface area contributed by atoms with E-state index in [2.05, 4.69) is 109 Å². The quantitative estimate of drug-likeness (QED) is 0.246. The average molecular weight is 393 g/mol. The molecule has 0 bridgehead atoms. The van der Waals surface area contributed by atoms with E-state index in [1.54, 1.807) is 0 Å². The normalized spacial score (nSPS) is 12.4. The Morgan fingerprint density at radius 3 is 1.61 bits per heavy atom. The van der Waals surface area contributed by atoms with E-state index in [9.17, 15) is 0 Å². The molecule has 0 saturated carbocycles. The van der Waals surface area contributed by atoms with Crippen LogP contribution in [0, 0.1) is 0 Å². The third-order valence-electron chi connectivity index (χ3n) is 6.88. The van der Waals surface area contributed by atoms with E-state index in [1.807, 2.05) is 0 Å². The molecule has 6 aromatic rings. The minimum atomic E-state index is 1.04. The highest BCUT2D eigenvalue weighted by molar-refractivity contribution is 6.25. The average Bonchev–Trinajstić information content (AvgIpc) is 3.22. The zero-order valence-electron chi connectivity index (χ0n) is 17.1. The maximum absolute atomic E-state index is 2.38. The molecular formula is C31H20. The van der Waals surface area contributed by atoms with Crippen LogP contribution >= 0.6 is 0 Å². The van der Waals surface area contributed by atoms with Crippen molar-refractivity contribution in [2.24, 2.45) is 0 Å². The van der Waals surface area contributed by atoms with Crippen LogP contribution in [0.3, 0.4) is 0 Å². The monoisotopic (exact) mass is 392 g/mol. The van der Waals surface area contributed by atoms with Crippen LogP contribution in [0.5, 0.6) is 0 Å². The second-order valence-electron chi connectivity index (χ2n) is 8.56. The van der Waals surface area contributed by atoms with Gasteiger partial charge in [0.2, 0.25) is 0 Å². The van der Waals surface area contributed by atoms with Gasteiger partial charge < -0.3 is 0 Å². The van der Waals surface area contributed by atoms with Crippen molar-refractivity contribution in [2.75, 3.05) is 0 Å². The molecule has 0 atom stereocenters. The van der Waals surface area contributed by atoms with Crippen molar-refractivity contribution in [3.8, 4) is 22.3 Å². The molecular weight excluding hydrogens is 372 g/mol. The lowest BCUT2D eigenvalue weighted by atomic mass is 9.91. The lowest BCUT2D eigenvalue weighted by Crippen LogP contribution is -1.86. The summed E-state index contributed by atoms with van der Waals surface area (Å²) in [4.78, 5) is 0. The number of benzene rings is 6. The third kappa shape index (κ3) is 2.42. The molecule has 0 spiro atoms. The Morgan fingerprint density at radius 1 is 0.355 bits per heavy atom. The fraction of sp³-hybridized carbons (Fsp3) is 0.0323. The van der Waals surface area contributed by atoms with Gasteiger partial charge in [-0.05, 0) is 84.3 Å². The maximum Gasteiger partial charge on any atom is -0.00134 e. The van der Waals surface area contributed by atoms with Crippen LogP contribution in [0.2, 0.25) is 0 Å². The van der Waals surface area contributed by atoms with Crippen molar-refractivity contribution < 1.29 is 0 Å². The van der Waals surface area contributed by atoms with Crippen molar-refractivity contribution in [1.82, 2.24) is 0 Å². The van der Waals surface area contributed by atoms with Gasteiger partial charge in [-0.1, -0.05) is 97.1 Å². The van der Waals surface area contributed by atoms with Gasteiger partial charge in [0.15, 0.2) is 0 Å². The first-order valence-electron chi connectivity index (χ1n) is 10.9. The molecule has 0 nitrogen and oxygen atoms in total. The summed E-state index contributed by atoms with van der Waals surface area (Å²) in [5.74, 6) is 0. The Morgan fingerprint density at radius 2 is 0.871 bits per heavy atom. The molecule has 7 rings (SSSR count). The predicted octanol–water partition coefficient (Wildman–Crippen LogP) is 8.38. The molecule has 0 saturated heterocycles. The molecule has 31 heavy (non-hydrogen) atoms. The van der Waals surface area contributed by atoms with Crippen molar-refractivity contribution in [1.29, 1.82) is 0 Å². The summed E-state index contributed by atoms with van der Waals surface area (Å²) in [7, 11) is 0. The molecule has 1 aliphatic carbocycles. The largest absolute Gasteiger partial charge is 0.0619 e. The van der Waals surface area contributed by atoms with Crippen LogP contribution in [0.4, 0.5) is 0 Å². The Bertz CT molecular complexity index is 1620. The predicted molar refractivity (Wildman–Crippen MR) is 133 cm³/mol. The number of hydrogen-bond acceptors (Lipinski definition) is 0.